The van der Waals surface area contributed by atoms with Gasteiger partial charge < -0.3 is 0 Å². The molecular weight excluding hydrogens is 303 g/mol. The molecule has 0 fully saturated rings. The fraction of sp³-hybridized carbons (Fsp3) is 0.0909. The normalized spacial score (nSPS) is 12.6. The first kappa shape index (κ1) is 14.0. The molecule has 102 valence electrons. The maximum Gasteiger partial charge on any atom is 0.432 e. The molecule has 0 N–H and O–H groups in total. The van der Waals surface area contributed by atoms with E-state index in [0.29, 0.717) is 6.07 Å². The number of alkyl halides is 3. The molecule has 0 radical (unpaired) electrons. The van der Waals surface area contributed by atoms with Crippen LogP contribution in [0.25, 0.3) is 0 Å². The second-order valence-electron chi connectivity index (χ2n) is 3.62. The van der Waals surface area contributed by atoms with E-state index in [1.807, 2.05) is 0 Å². The summed E-state index contributed by atoms with van der Waals surface area (Å²) < 4.78 is 62.6. The van der Waals surface area contributed by atoms with Crippen molar-refractivity contribution in [2.24, 2.45) is 0 Å². The van der Waals surface area contributed by atoms with E-state index < -0.39 is 21.9 Å². The van der Waals surface area contributed by atoms with Crippen LogP contribution in [0.15, 0.2) is 47.5 Å². The van der Waals surface area contributed by atoms with Crippen molar-refractivity contribution in [3.8, 4) is 0 Å². The summed E-state index contributed by atoms with van der Waals surface area (Å²) in [5, 5.41) is -0.135. The molecule has 0 aliphatic heterocycles. The quantitative estimate of drug-likeness (QED) is 0.853. The van der Waals surface area contributed by atoms with Gasteiger partial charge in [0.15, 0.2) is 0 Å². The molecule has 0 bridgehead atoms. The summed E-state index contributed by atoms with van der Waals surface area (Å²) in [5.41, 5.74) is -1.27. The van der Waals surface area contributed by atoms with E-state index in [2.05, 4.69) is 0 Å². The summed E-state index contributed by atoms with van der Waals surface area (Å²) in [6.07, 6.45) is -3.93. The number of halogens is 4. The third-order valence-electron chi connectivity index (χ3n) is 2.38. The average molecular weight is 310 g/mol. The fourth-order valence-electron chi connectivity index (χ4n) is 1.56. The molecule has 1 heterocycles. The van der Waals surface area contributed by atoms with Crippen LogP contribution in [0.4, 0.5) is 13.2 Å². The number of hydrogen-bond acceptors (Lipinski definition) is 2. The van der Waals surface area contributed by atoms with Gasteiger partial charge >= 0.3 is 6.18 Å². The van der Waals surface area contributed by atoms with Crippen LogP contribution >= 0.6 is 11.6 Å². The van der Waals surface area contributed by atoms with Crippen molar-refractivity contribution < 1.29 is 21.6 Å². The van der Waals surface area contributed by atoms with Crippen LogP contribution in [0, 0.1) is 0 Å². The Kier molecular flexibility index (Phi) is 3.36. The van der Waals surface area contributed by atoms with Gasteiger partial charge in [-0.15, -0.1) is 0 Å². The highest BCUT2D eigenvalue weighted by Crippen LogP contribution is 2.33. The van der Waals surface area contributed by atoms with Crippen LogP contribution in [-0.2, 0) is 16.2 Å². The van der Waals surface area contributed by atoms with Crippen molar-refractivity contribution in [2.75, 3.05) is 0 Å². The molecule has 0 aliphatic rings. The van der Waals surface area contributed by atoms with E-state index in [1.165, 1.54) is 18.2 Å². The maximum absolute atomic E-state index is 12.7. The van der Waals surface area contributed by atoms with Crippen LogP contribution in [0.1, 0.15) is 5.69 Å². The lowest BCUT2D eigenvalue weighted by atomic mass is 10.4. The van der Waals surface area contributed by atoms with Crippen molar-refractivity contribution in [1.29, 1.82) is 0 Å². The van der Waals surface area contributed by atoms with Gasteiger partial charge in [-0.1, -0.05) is 23.7 Å². The molecule has 2 aromatic rings. The molecule has 0 unspecified atom stereocenters. The highest BCUT2D eigenvalue weighted by molar-refractivity contribution is 7.90. The monoisotopic (exact) mass is 309 g/mol. The van der Waals surface area contributed by atoms with Crippen LogP contribution < -0.4 is 0 Å². The minimum absolute atomic E-state index is 0.135. The molecular formula is C11H7ClF3NO2S. The van der Waals surface area contributed by atoms with Crippen molar-refractivity contribution >= 4 is 21.6 Å². The summed E-state index contributed by atoms with van der Waals surface area (Å²) in [4.78, 5) is -0.377. The molecule has 1 aromatic carbocycles. The van der Waals surface area contributed by atoms with Crippen molar-refractivity contribution in [2.45, 2.75) is 11.1 Å². The Labute approximate surface area is 112 Å². The molecule has 0 amide bonds. The van der Waals surface area contributed by atoms with Crippen LogP contribution in [0.3, 0.4) is 0 Å². The molecule has 2 rings (SSSR count). The summed E-state index contributed by atoms with van der Waals surface area (Å²) >= 11 is 5.72. The second-order valence-corrected chi connectivity index (χ2v) is 5.81. The van der Waals surface area contributed by atoms with Gasteiger partial charge in [0.05, 0.1) is 5.02 Å². The molecule has 0 spiro atoms. The smallest absolute Gasteiger partial charge is 0.237 e. The predicted octanol–water partition coefficient (Wildman–Crippen LogP) is 3.40. The largest absolute Gasteiger partial charge is 0.432 e. The first-order chi connectivity index (χ1) is 8.74. The fourth-order valence-corrected chi connectivity index (χ4v) is 3.41. The van der Waals surface area contributed by atoms with Gasteiger partial charge in [-0.05, 0) is 24.3 Å². The lowest BCUT2D eigenvalue weighted by Gasteiger charge is -2.13. The number of benzene rings is 1. The Bertz CT molecular complexity index is 707. The predicted molar refractivity (Wildman–Crippen MR) is 63.5 cm³/mol. The summed E-state index contributed by atoms with van der Waals surface area (Å²) in [6, 6.07) is 7.02. The Morgan fingerprint density at radius 1 is 1.05 bits per heavy atom. The summed E-state index contributed by atoms with van der Waals surface area (Å²) in [6.45, 7) is 0. The lowest BCUT2D eigenvalue weighted by molar-refractivity contribution is -0.141. The minimum atomic E-state index is -4.77. The van der Waals surface area contributed by atoms with E-state index in [0.717, 1.165) is 18.3 Å². The number of hydrogen-bond donors (Lipinski definition) is 0. The van der Waals surface area contributed by atoms with Crippen LogP contribution in [-0.4, -0.2) is 12.4 Å². The number of nitrogens with zero attached hydrogens (tertiary/aromatic N) is 1. The topological polar surface area (TPSA) is 39.1 Å². The third-order valence-corrected chi connectivity index (χ3v) is 4.57. The van der Waals surface area contributed by atoms with Gasteiger partial charge in [-0.25, -0.2) is 12.4 Å². The van der Waals surface area contributed by atoms with Gasteiger partial charge in [-0.3, -0.25) is 0 Å². The van der Waals surface area contributed by atoms with Gasteiger partial charge in [-0.2, -0.15) is 13.2 Å². The Morgan fingerprint density at radius 3 is 2.26 bits per heavy atom. The molecule has 1 aromatic heterocycles. The van der Waals surface area contributed by atoms with E-state index >= 15 is 0 Å². The Morgan fingerprint density at radius 2 is 1.68 bits per heavy atom. The molecule has 3 nitrogen and oxygen atoms in total. The van der Waals surface area contributed by atoms with Crippen molar-refractivity contribution in [1.82, 2.24) is 3.97 Å². The molecule has 0 saturated heterocycles. The Balaban J connectivity index is 2.66. The summed E-state index contributed by atoms with van der Waals surface area (Å²) in [7, 11) is -4.38. The molecule has 19 heavy (non-hydrogen) atoms. The van der Waals surface area contributed by atoms with Gasteiger partial charge in [0.25, 0.3) is 10.0 Å². The van der Waals surface area contributed by atoms with Crippen LogP contribution in [0.5, 0.6) is 0 Å². The van der Waals surface area contributed by atoms with E-state index in [9.17, 15) is 21.6 Å². The van der Waals surface area contributed by atoms with E-state index in [4.69, 9.17) is 11.6 Å². The van der Waals surface area contributed by atoms with E-state index in [1.54, 1.807) is 0 Å². The number of rotatable bonds is 2. The summed E-state index contributed by atoms with van der Waals surface area (Å²) in [5.74, 6) is 0. The first-order valence-corrected chi connectivity index (χ1v) is 6.81. The van der Waals surface area contributed by atoms with Crippen molar-refractivity contribution in [3.05, 3.63) is 53.3 Å². The number of aromatic nitrogens is 1. The van der Waals surface area contributed by atoms with Gasteiger partial charge in [0.1, 0.15) is 10.6 Å². The second kappa shape index (κ2) is 4.57. The maximum atomic E-state index is 12.7. The zero-order valence-electron chi connectivity index (χ0n) is 9.23. The zero-order chi connectivity index (χ0) is 14.3. The Hall–Kier alpha value is -1.47. The van der Waals surface area contributed by atoms with E-state index in [-0.39, 0.29) is 13.9 Å². The molecule has 0 saturated carbocycles. The van der Waals surface area contributed by atoms with Gasteiger partial charge in [0.2, 0.25) is 0 Å². The highest BCUT2D eigenvalue weighted by Gasteiger charge is 2.37. The highest BCUT2D eigenvalue weighted by atomic mass is 35.5. The zero-order valence-corrected chi connectivity index (χ0v) is 10.8. The SMILES string of the molecule is O=S(=O)(c1ccccc1Cl)n1cccc1C(F)(F)F. The molecule has 0 aliphatic carbocycles. The van der Waals surface area contributed by atoms with Crippen LogP contribution in [0.2, 0.25) is 5.02 Å². The minimum Gasteiger partial charge on any atom is -0.237 e. The van der Waals surface area contributed by atoms with Crippen molar-refractivity contribution in [3.63, 3.8) is 0 Å². The lowest BCUT2D eigenvalue weighted by Crippen LogP contribution is -2.20. The standard InChI is InChI=1S/C11H7ClF3NO2S/c12-8-4-1-2-5-9(8)19(17,18)16-7-3-6-10(16)11(13,14)15/h1-7H. The molecule has 8 heteroatoms. The average Bonchev–Trinajstić information content (AvgIpc) is 2.78. The third kappa shape index (κ3) is 2.48. The molecule has 0 atom stereocenters. The first-order valence-electron chi connectivity index (χ1n) is 4.99. The van der Waals surface area contributed by atoms with Gasteiger partial charge in [0, 0.05) is 6.20 Å².